The van der Waals surface area contributed by atoms with E-state index in [4.69, 9.17) is 15.0 Å². The lowest BCUT2D eigenvalue weighted by molar-refractivity contribution is -0.129. The summed E-state index contributed by atoms with van der Waals surface area (Å²) in [4.78, 5) is 29.4. The fourth-order valence-corrected chi connectivity index (χ4v) is 5.83. The molecule has 4 heterocycles. The first-order valence-electron chi connectivity index (χ1n) is 12.8. The van der Waals surface area contributed by atoms with E-state index in [9.17, 15) is 4.79 Å². The minimum absolute atomic E-state index is 0.246. The van der Waals surface area contributed by atoms with E-state index in [0.717, 1.165) is 91.4 Å². The quantitative estimate of drug-likeness (QED) is 0.413. The number of carbonyl (C=O) groups excluding carboxylic acids is 1. The number of hydrogen-bond acceptors (Lipinski definition) is 9. The topological polar surface area (TPSA) is 113 Å². The number of hydrogen-bond donors (Lipinski definition) is 3. The zero-order chi connectivity index (χ0) is 24.2. The molecule has 0 aromatic carbocycles. The van der Waals surface area contributed by atoms with E-state index in [2.05, 4.69) is 28.0 Å². The van der Waals surface area contributed by atoms with Crippen molar-refractivity contribution >= 4 is 45.0 Å². The lowest BCUT2D eigenvalue weighted by Gasteiger charge is -2.29. The van der Waals surface area contributed by atoms with Gasteiger partial charge < -0.3 is 20.9 Å². The molecule has 3 N–H and O–H groups in total. The van der Waals surface area contributed by atoms with Crippen molar-refractivity contribution in [2.24, 2.45) is 13.0 Å². The van der Waals surface area contributed by atoms with Crippen LogP contribution in [-0.4, -0.2) is 67.8 Å². The molecule has 188 valence electrons. The van der Waals surface area contributed by atoms with Gasteiger partial charge in [-0.3, -0.25) is 9.48 Å². The lowest BCUT2D eigenvalue weighted by Crippen LogP contribution is -2.39. The fourth-order valence-electron chi connectivity index (χ4n) is 4.95. The highest BCUT2D eigenvalue weighted by Gasteiger charge is 2.24. The molecular formula is C24H35N9OS. The lowest BCUT2D eigenvalue weighted by atomic mass is 9.86. The average Bonchev–Trinajstić information content (AvgIpc) is 3.61. The molecule has 11 heteroatoms. The number of aromatic nitrogens is 5. The van der Waals surface area contributed by atoms with E-state index in [-0.39, 0.29) is 5.91 Å². The molecular weight excluding hydrogens is 462 g/mol. The fraction of sp³-hybridized carbons (Fsp3) is 0.625. The number of anilines is 3. The van der Waals surface area contributed by atoms with E-state index in [1.165, 1.54) is 0 Å². The highest BCUT2D eigenvalue weighted by molar-refractivity contribution is 7.18. The molecule has 10 nitrogen and oxygen atoms in total. The first kappa shape index (κ1) is 23.9. The standard InChI is InChI=1S/C24H35N9OS/c1-3-19-29-21-22(30-24(31-23(21)35-19)28-18-13-26-32(2)15-18)27-17-8-6-16(7-9-17)12-25-14-20(34)33-10-4-5-11-33/h13,15-17,25H,3-12,14H2,1-2H3,(H2,27,28,30,31). The molecule has 0 atom stereocenters. The van der Waals surface area contributed by atoms with Gasteiger partial charge in [0.15, 0.2) is 10.6 Å². The molecule has 1 amide bonds. The van der Waals surface area contributed by atoms with E-state index in [0.29, 0.717) is 24.5 Å². The Labute approximate surface area is 209 Å². The molecule has 1 aliphatic carbocycles. The van der Waals surface area contributed by atoms with Crippen molar-refractivity contribution in [1.82, 2.24) is 34.9 Å². The molecule has 0 radical (unpaired) electrons. The summed E-state index contributed by atoms with van der Waals surface area (Å²) in [6.45, 7) is 5.33. The van der Waals surface area contributed by atoms with Crippen molar-refractivity contribution in [1.29, 1.82) is 0 Å². The van der Waals surface area contributed by atoms with E-state index < -0.39 is 0 Å². The van der Waals surface area contributed by atoms with E-state index in [1.54, 1.807) is 22.2 Å². The van der Waals surface area contributed by atoms with Crippen LogP contribution < -0.4 is 16.0 Å². The van der Waals surface area contributed by atoms with Crippen LogP contribution in [0.25, 0.3) is 10.3 Å². The monoisotopic (exact) mass is 497 g/mol. The molecule has 0 unspecified atom stereocenters. The van der Waals surface area contributed by atoms with Crippen molar-refractivity contribution in [3.05, 3.63) is 17.4 Å². The Morgan fingerprint density at radius 2 is 1.94 bits per heavy atom. The number of thiazole rings is 1. The first-order valence-corrected chi connectivity index (χ1v) is 13.6. The van der Waals surface area contributed by atoms with Gasteiger partial charge in [0.1, 0.15) is 5.52 Å². The summed E-state index contributed by atoms with van der Waals surface area (Å²) in [7, 11) is 1.89. The van der Waals surface area contributed by atoms with Gasteiger partial charge in [0.25, 0.3) is 0 Å². The molecule has 35 heavy (non-hydrogen) atoms. The maximum absolute atomic E-state index is 12.2. The third-order valence-electron chi connectivity index (χ3n) is 6.92. The minimum atomic E-state index is 0.246. The Morgan fingerprint density at radius 1 is 1.14 bits per heavy atom. The zero-order valence-electron chi connectivity index (χ0n) is 20.6. The molecule has 1 aliphatic heterocycles. The predicted octanol–water partition coefficient (Wildman–Crippen LogP) is 3.31. The van der Waals surface area contributed by atoms with Gasteiger partial charge in [-0.05, 0) is 57.4 Å². The van der Waals surface area contributed by atoms with Crippen molar-refractivity contribution in [2.75, 3.05) is 36.8 Å². The number of likely N-dealkylation sites (tertiary alicyclic amines) is 1. The summed E-state index contributed by atoms with van der Waals surface area (Å²) in [5.74, 6) is 2.21. The number of amides is 1. The summed E-state index contributed by atoms with van der Waals surface area (Å²) in [6, 6.07) is 0.355. The van der Waals surface area contributed by atoms with Gasteiger partial charge in [0, 0.05) is 32.4 Å². The summed E-state index contributed by atoms with van der Waals surface area (Å²) >= 11 is 1.62. The van der Waals surface area contributed by atoms with Crippen LogP contribution in [0.4, 0.5) is 17.5 Å². The van der Waals surface area contributed by atoms with Crippen molar-refractivity contribution in [3.63, 3.8) is 0 Å². The van der Waals surface area contributed by atoms with Gasteiger partial charge >= 0.3 is 0 Å². The molecule has 0 spiro atoms. The number of carbonyl (C=O) groups is 1. The van der Waals surface area contributed by atoms with Crippen molar-refractivity contribution < 1.29 is 4.79 Å². The molecule has 5 rings (SSSR count). The average molecular weight is 498 g/mol. The van der Waals surface area contributed by atoms with E-state index in [1.807, 2.05) is 18.1 Å². The van der Waals surface area contributed by atoms with Crippen molar-refractivity contribution in [2.45, 2.75) is 57.9 Å². The maximum Gasteiger partial charge on any atom is 0.236 e. The Balaban J connectivity index is 1.18. The second-order valence-corrected chi connectivity index (χ2v) is 10.7. The zero-order valence-corrected chi connectivity index (χ0v) is 21.4. The number of nitrogens with one attached hydrogen (secondary N) is 3. The maximum atomic E-state index is 12.2. The highest BCUT2D eigenvalue weighted by Crippen LogP contribution is 2.31. The smallest absolute Gasteiger partial charge is 0.236 e. The van der Waals surface area contributed by atoms with E-state index >= 15 is 0 Å². The minimum Gasteiger partial charge on any atom is -0.365 e. The Morgan fingerprint density at radius 3 is 2.66 bits per heavy atom. The number of fused-ring (bicyclic) bond motifs is 1. The summed E-state index contributed by atoms with van der Waals surface area (Å²) in [5, 5.41) is 15.6. The molecule has 2 fully saturated rings. The molecule has 2 aliphatic rings. The van der Waals surface area contributed by atoms with Crippen LogP contribution in [-0.2, 0) is 18.3 Å². The molecule has 3 aromatic heterocycles. The second-order valence-electron chi connectivity index (χ2n) is 9.62. The molecule has 3 aromatic rings. The number of rotatable bonds is 9. The first-order chi connectivity index (χ1) is 17.1. The predicted molar refractivity (Wildman–Crippen MR) is 139 cm³/mol. The molecule has 0 bridgehead atoms. The SMILES string of the molecule is CCc1nc2c(NC3CCC(CNCC(=O)N4CCCC4)CC3)nc(Nc3cnn(C)c3)nc2s1. The van der Waals surface area contributed by atoms with Crippen LogP contribution in [0.2, 0.25) is 0 Å². The van der Waals surface area contributed by atoms with Crippen LogP contribution in [0.1, 0.15) is 50.5 Å². The van der Waals surface area contributed by atoms with Gasteiger partial charge in [-0.25, -0.2) is 4.98 Å². The summed E-state index contributed by atoms with van der Waals surface area (Å²) < 4.78 is 1.75. The van der Waals surface area contributed by atoms with Gasteiger partial charge in [-0.2, -0.15) is 15.1 Å². The van der Waals surface area contributed by atoms with Crippen molar-refractivity contribution in [3.8, 4) is 0 Å². The Hall–Kier alpha value is -2.79. The molecule has 1 saturated carbocycles. The number of nitrogens with zero attached hydrogens (tertiary/aromatic N) is 6. The highest BCUT2D eigenvalue weighted by atomic mass is 32.1. The van der Waals surface area contributed by atoms with Crippen LogP contribution >= 0.6 is 11.3 Å². The largest absolute Gasteiger partial charge is 0.365 e. The van der Waals surface area contributed by atoms with Gasteiger partial charge in [0.05, 0.1) is 23.4 Å². The van der Waals surface area contributed by atoms with Crippen LogP contribution in [0.3, 0.4) is 0 Å². The van der Waals surface area contributed by atoms with Gasteiger partial charge in [-0.1, -0.05) is 18.3 Å². The third-order valence-corrected chi connectivity index (χ3v) is 8.02. The molecule has 1 saturated heterocycles. The van der Waals surface area contributed by atoms with Gasteiger partial charge in [-0.15, -0.1) is 0 Å². The van der Waals surface area contributed by atoms with Gasteiger partial charge in [0.2, 0.25) is 11.9 Å². The summed E-state index contributed by atoms with van der Waals surface area (Å²) in [6.07, 6.45) is 11.2. The van der Waals surface area contributed by atoms with Crippen LogP contribution in [0.15, 0.2) is 12.4 Å². The Bertz CT molecular complexity index is 1150. The van der Waals surface area contributed by atoms with Crippen LogP contribution in [0, 0.1) is 5.92 Å². The third kappa shape index (κ3) is 5.90. The summed E-state index contributed by atoms with van der Waals surface area (Å²) in [5.41, 5.74) is 1.71. The Kier molecular flexibility index (Phi) is 7.43. The normalized spacial score (nSPS) is 20.5. The second kappa shape index (κ2) is 10.9. The number of aryl methyl sites for hydroxylation is 2. The van der Waals surface area contributed by atoms with Crippen LogP contribution in [0.5, 0.6) is 0 Å².